The van der Waals surface area contributed by atoms with Gasteiger partial charge in [-0.1, -0.05) is 24.3 Å². The summed E-state index contributed by atoms with van der Waals surface area (Å²) >= 11 is 0. The van der Waals surface area contributed by atoms with Gasteiger partial charge in [0.05, 0.1) is 5.92 Å². The van der Waals surface area contributed by atoms with E-state index >= 15 is 0 Å². The molecule has 0 bridgehead atoms. The smallest absolute Gasteiger partial charge is 0.303 e. The molecule has 0 fully saturated rings. The van der Waals surface area contributed by atoms with Crippen molar-refractivity contribution in [1.29, 1.82) is 0 Å². The standard InChI is InChI=1S/C12H16O3/c13-11-8-5-7-10(11)6-3-1-2-4-9-12(14)15/h3,5-7,10H,1-2,4,8-9H2,(H,14,15)/b6-3-. The molecular formula is C12H16O3. The Kier molecular flexibility index (Phi) is 4.81. The Morgan fingerprint density at radius 3 is 2.93 bits per heavy atom. The van der Waals surface area contributed by atoms with Gasteiger partial charge in [-0.3, -0.25) is 9.59 Å². The van der Waals surface area contributed by atoms with Gasteiger partial charge in [-0.05, 0) is 19.3 Å². The Morgan fingerprint density at radius 2 is 2.33 bits per heavy atom. The molecule has 0 saturated heterocycles. The fourth-order valence-electron chi connectivity index (χ4n) is 1.53. The summed E-state index contributed by atoms with van der Waals surface area (Å²) in [4.78, 5) is 21.4. The number of Topliss-reactive ketones (excluding diaryl/α,β-unsaturated/α-hetero) is 1. The number of hydrogen-bond donors (Lipinski definition) is 1. The number of carbonyl (C=O) groups is 2. The fraction of sp³-hybridized carbons (Fsp3) is 0.500. The quantitative estimate of drug-likeness (QED) is 0.538. The third-order valence-electron chi connectivity index (χ3n) is 2.39. The van der Waals surface area contributed by atoms with Crippen LogP contribution in [0.2, 0.25) is 0 Å². The molecular weight excluding hydrogens is 192 g/mol. The van der Waals surface area contributed by atoms with Gasteiger partial charge in [-0.15, -0.1) is 0 Å². The van der Waals surface area contributed by atoms with Crippen molar-refractivity contribution in [1.82, 2.24) is 0 Å². The zero-order valence-electron chi connectivity index (χ0n) is 8.69. The maximum Gasteiger partial charge on any atom is 0.303 e. The highest BCUT2D eigenvalue weighted by Gasteiger charge is 2.14. The minimum Gasteiger partial charge on any atom is -0.481 e. The molecule has 1 aliphatic carbocycles. The summed E-state index contributed by atoms with van der Waals surface area (Å²) in [6.45, 7) is 0. The predicted octanol–water partition coefficient (Wildman–Crippen LogP) is 2.33. The zero-order valence-corrected chi connectivity index (χ0v) is 8.69. The van der Waals surface area contributed by atoms with Crippen molar-refractivity contribution in [3.05, 3.63) is 24.3 Å². The molecule has 1 unspecified atom stereocenters. The van der Waals surface area contributed by atoms with Crippen LogP contribution < -0.4 is 0 Å². The molecule has 0 saturated carbocycles. The average Bonchev–Trinajstić information content (AvgIpc) is 2.57. The molecule has 0 aromatic rings. The molecule has 0 spiro atoms. The number of carboxylic acids is 1. The first kappa shape index (κ1) is 11.7. The van der Waals surface area contributed by atoms with E-state index in [0.717, 1.165) is 12.8 Å². The van der Waals surface area contributed by atoms with Crippen molar-refractivity contribution >= 4 is 11.8 Å². The van der Waals surface area contributed by atoms with E-state index in [1.807, 2.05) is 24.3 Å². The van der Waals surface area contributed by atoms with Crippen molar-refractivity contribution < 1.29 is 14.7 Å². The van der Waals surface area contributed by atoms with Gasteiger partial charge in [0, 0.05) is 12.8 Å². The molecule has 3 heteroatoms. The Morgan fingerprint density at radius 1 is 1.53 bits per heavy atom. The number of ketones is 1. The summed E-state index contributed by atoms with van der Waals surface area (Å²) < 4.78 is 0. The van der Waals surface area contributed by atoms with Crippen molar-refractivity contribution in [3.63, 3.8) is 0 Å². The zero-order chi connectivity index (χ0) is 11.1. The van der Waals surface area contributed by atoms with Gasteiger partial charge in [0.25, 0.3) is 0 Å². The lowest BCUT2D eigenvalue weighted by atomic mass is 10.1. The van der Waals surface area contributed by atoms with Crippen molar-refractivity contribution in [3.8, 4) is 0 Å². The van der Waals surface area contributed by atoms with Gasteiger partial charge in [0.1, 0.15) is 5.78 Å². The highest BCUT2D eigenvalue weighted by molar-refractivity contribution is 5.88. The summed E-state index contributed by atoms with van der Waals surface area (Å²) in [6.07, 6.45) is 10.9. The molecule has 3 nitrogen and oxygen atoms in total. The summed E-state index contributed by atoms with van der Waals surface area (Å²) in [6, 6.07) is 0. The summed E-state index contributed by atoms with van der Waals surface area (Å²) in [7, 11) is 0. The van der Waals surface area contributed by atoms with Crippen LogP contribution in [0.25, 0.3) is 0 Å². The van der Waals surface area contributed by atoms with Gasteiger partial charge in [-0.2, -0.15) is 0 Å². The predicted molar refractivity (Wildman–Crippen MR) is 57.5 cm³/mol. The maximum absolute atomic E-state index is 11.2. The fourth-order valence-corrected chi connectivity index (χ4v) is 1.53. The van der Waals surface area contributed by atoms with E-state index in [2.05, 4.69) is 0 Å². The molecule has 1 aliphatic rings. The Balaban J connectivity index is 2.09. The maximum atomic E-state index is 11.2. The molecule has 82 valence electrons. The average molecular weight is 208 g/mol. The molecule has 0 amide bonds. The van der Waals surface area contributed by atoms with Crippen LogP contribution in [0.1, 0.15) is 32.1 Å². The highest BCUT2D eigenvalue weighted by atomic mass is 16.4. The van der Waals surface area contributed by atoms with Gasteiger partial charge >= 0.3 is 5.97 Å². The first-order valence-corrected chi connectivity index (χ1v) is 5.28. The monoisotopic (exact) mass is 208 g/mol. The van der Waals surface area contributed by atoms with Crippen LogP contribution in [0.4, 0.5) is 0 Å². The third-order valence-corrected chi connectivity index (χ3v) is 2.39. The number of rotatable bonds is 6. The summed E-state index contributed by atoms with van der Waals surface area (Å²) in [5.41, 5.74) is 0. The van der Waals surface area contributed by atoms with Crippen LogP contribution in [0, 0.1) is 5.92 Å². The van der Waals surface area contributed by atoms with E-state index in [0.29, 0.717) is 12.8 Å². The summed E-state index contributed by atoms with van der Waals surface area (Å²) in [5.74, 6) is -0.533. The molecule has 0 aromatic heterocycles. The molecule has 1 atom stereocenters. The van der Waals surface area contributed by atoms with Gasteiger partial charge < -0.3 is 5.11 Å². The van der Waals surface area contributed by atoms with Gasteiger partial charge in [0.2, 0.25) is 0 Å². The first-order chi connectivity index (χ1) is 7.20. The second kappa shape index (κ2) is 6.17. The second-order valence-electron chi connectivity index (χ2n) is 3.69. The number of carboxylic acid groups (broad SMARTS) is 1. The van der Waals surface area contributed by atoms with Crippen LogP contribution in [0.3, 0.4) is 0 Å². The number of allylic oxidation sites excluding steroid dienone is 4. The molecule has 1 N–H and O–H groups in total. The first-order valence-electron chi connectivity index (χ1n) is 5.28. The largest absolute Gasteiger partial charge is 0.481 e. The Labute approximate surface area is 89.5 Å². The minimum absolute atomic E-state index is 0.0375. The third kappa shape index (κ3) is 4.58. The Bertz CT molecular complexity index is 289. The van der Waals surface area contributed by atoms with E-state index in [-0.39, 0.29) is 18.1 Å². The number of unbranched alkanes of at least 4 members (excludes halogenated alkanes) is 2. The number of carbonyl (C=O) groups excluding carboxylic acids is 1. The van der Waals surface area contributed by atoms with Crippen molar-refractivity contribution in [2.24, 2.45) is 5.92 Å². The minimum atomic E-state index is -0.743. The highest BCUT2D eigenvalue weighted by Crippen LogP contribution is 2.14. The number of aliphatic carboxylic acids is 1. The molecule has 15 heavy (non-hydrogen) atoms. The normalized spacial score (nSPS) is 20.3. The van der Waals surface area contributed by atoms with Crippen LogP contribution in [0.15, 0.2) is 24.3 Å². The van der Waals surface area contributed by atoms with Gasteiger partial charge in [-0.25, -0.2) is 0 Å². The van der Waals surface area contributed by atoms with Crippen molar-refractivity contribution in [2.45, 2.75) is 32.1 Å². The van der Waals surface area contributed by atoms with E-state index in [4.69, 9.17) is 5.11 Å². The SMILES string of the molecule is O=C(O)CCCC/C=C\C1C=CCC1=O. The van der Waals surface area contributed by atoms with E-state index in [9.17, 15) is 9.59 Å². The molecule has 0 radical (unpaired) electrons. The van der Waals surface area contributed by atoms with E-state index < -0.39 is 5.97 Å². The van der Waals surface area contributed by atoms with Crippen molar-refractivity contribution in [2.75, 3.05) is 0 Å². The molecule has 0 aliphatic heterocycles. The van der Waals surface area contributed by atoms with Crippen LogP contribution in [0.5, 0.6) is 0 Å². The lowest BCUT2D eigenvalue weighted by Crippen LogP contribution is -2.01. The lowest BCUT2D eigenvalue weighted by Gasteiger charge is -1.98. The van der Waals surface area contributed by atoms with Crippen LogP contribution >= 0.6 is 0 Å². The topological polar surface area (TPSA) is 54.4 Å². The lowest BCUT2D eigenvalue weighted by molar-refractivity contribution is -0.137. The van der Waals surface area contributed by atoms with Gasteiger partial charge in [0.15, 0.2) is 0 Å². The molecule has 1 rings (SSSR count). The van der Waals surface area contributed by atoms with Crippen LogP contribution in [-0.4, -0.2) is 16.9 Å². The van der Waals surface area contributed by atoms with Crippen LogP contribution in [-0.2, 0) is 9.59 Å². The second-order valence-corrected chi connectivity index (χ2v) is 3.69. The summed E-state index contributed by atoms with van der Waals surface area (Å²) in [5, 5.41) is 8.41. The van der Waals surface area contributed by atoms with E-state index in [1.54, 1.807) is 0 Å². The van der Waals surface area contributed by atoms with E-state index in [1.165, 1.54) is 0 Å². The Hall–Kier alpha value is -1.38. The molecule has 0 aromatic carbocycles. The molecule has 0 heterocycles. The number of hydrogen-bond acceptors (Lipinski definition) is 2.